The molecule has 0 heterocycles. The van der Waals surface area contributed by atoms with Crippen LogP contribution in [0.2, 0.25) is 0 Å². The van der Waals surface area contributed by atoms with E-state index in [1.807, 2.05) is 24.3 Å². The molecule has 2 nitrogen and oxygen atoms in total. The van der Waals surface area contributed by atoms with Crippen LogP contribution in [0.4, 0.5) is 0 Å². The second-order valence-electron chi connectivity index (χ2n) is 6.83. The van der Waals surface area contributed by atoms with E-state index >= 15 is 0 Å². The van der Waals surface area contributed by atoms with E-state index in [9.17, 15) is 4.79 Å². The Balaban J connectivity index is 2.10. The molecule has 0 saturated carbocycles. The second kappa shape index (κ2) is 14.8. The van der Waals surface area contributed by atoms with Gasteiger partial charge in [-0.15, -0.1) is 6.58 Å². The third-order valence-corrected chi connectivity index (χ3v) is 4.20. The van der Waals surface area contributed by atoms with Crippen LogP contribution >= 0.6 is 0 Å². The fourth-order valence-corrected chi connectivity index (χ4v) is 2.66. The maximum atomic E-state index is 11.6. The fourth-order valence-electron chi connectivity index (χ4n) is 2.66. The summed E-state index contributed by atoms with van der Waals surface area (Å²) in [4.78, 5) is 11.6. The molecular formula is C25H34O2. The third-order valence-electron chi connectivity index (χ3n) is 4.20. The predicted molar refractivity (Wildman–Crippen MR) is 116 cm³/mol. The Morgan fingerprint density at radius 1 is 1.00 bits per heavy atom. The van der Waals surface area contributed by atoms with Crippen LogP contribution < -0.4 is 4.74 Å². The highest BCUT2D eigenvalue weighted by Gasteiger charge is 2.05. The Kier molecular flexibility index (Phi) is 12.4. The van der Waals surface area contributed by atoms with Gasteiger partial charge in [-0.25, -0.2) is 4.79 Å². The molecule has 0 aliphatic rings. The lowest BCUT2D eigenvalue weighted by molar-refractivity contribution is -0.130. The molecule has 0 N–H and O–H groups in total. The van der Waals surface area contributed by atoms with Crippen molar-refractivity contribution in [3.63, 3.8) is 0 Å². The zero-order valence-corrected chi connectivity index (χ0v) is 16.8. The smallest absolute Gasteiger partial charge is 0.338 e. The van der Waals surface area contributed by atoms with Gasteiger partial charge < -0.3 is 4.74 Å². The van der Waals surface area contributed by atoms with Crippen LogP contribution in [-0.2, 0) is 11.2 Å². The number of hydrogen-bond donors (Lipinski definition) is 0. The van der Waals surface area contributed by atoms with Gasteiger partial charge in [0.1, 0.15) is 5.75 Å². The molecule has 1 rings (SSSR count). The highest BCUT2D eigenvalue weighted by Crippen LogP contribution is 2.17. The highest BCUT2D eigenvalue weighted by atomic mass is 16.5. The standard InChI is InChI=1S/C25H34O2/c1-4-5-6-7-8-9-10-11-12-13-14-15-16-18-23-19-17-20-24(21-23)27-25(26)22(2)3/h4,6-7,9-10,17,19-21H,1-2,5,8,11-16,18H2,3H3/b7-6-,10-9+. The Bertz CT molecular complexity index is 637. The molecule has 0 atom stereocenters. The van der Waals surface area contributed by atoms with Gasteiger partial charge in [0.05, 0.1) is 0 Å². The molecule has 0 unspecified atom stereocenters. The highest BCUT2D eigenvalue weighted by molar-refractivity contribution is 5.88. The number of aryl methyl sites for hydroxylation is 1. The molecule has 0 fully saturated rings. The zero-order chi connectivity index (χ0) is 19.7. The Morgan fingerprint density at radius 3 is 2.48 bits per heavy atom. The summed E-state index contributed by atoms with van der Waals surface area (Å²) in [6, 6.07) is 7.80. The molecule has 146 valence electrons. The van der Waals surface area contributed by atoms with E-state index in [4.69, 9.17) is 4.74 Å². The number of allylic oxidation sites excluding steroid dienone is 5. The minimum atomic E-state index is -0.367. The molecule has 27 heavy (non-hydrogen) atoms. The monoisotopic (exact) mass is 366 g/mol. The van der Waals surface area contributed by atoms with Gasteiger partial charge in [0.2, 0.25) is 0 Å². The fraction of sp³-hybridized carbons (Fsp3) is 0.400. The Hall–Kier alpha value is -2.35. The molecule has 0 amide bonds. The average Bonchev–Trinajstić information content (AvgIpc) is 2.65. The van der Waals surface area contributed by atoms with Gasteiger partial charge >= 0.3 is 5.97 Å². The van der Waals surface area contributed by atoms with Gasteiger partial charge in [0.25, 0.3) is 0 Å². The van der Waals surface area contributed by atoms with Gasteiger partial charge in [0.15, 0.2) is 0 Å². The predicted octanol–water partition coefficient (Wildman–Crippen LogP) is 7.13. The van der Waals surface area contributed by atoms with Crippen LogP contribution in [0.15, 0.2) is 73.4 Å². The van der Waals surface area contributed by atoms with Gasteiger partial charge in [-0.2, -0.15) is 0 Å². The van der Waals surface area contributed by atoms with E-state index in [1.54, 1.807) is 6.92 Å². The molecule has 1 aromatic rings. The average molecular weight is 367 g/mol. The topological polar surface area (TPSA) is 26.3 Å². The number of rotatable bonds is 14. The van der Waals surface area contributed by atoms with Crippen molar-refractivity contribution in [1.29, 1.82) is 0 Å². The maximum absolute atomic E-state index is 11.6. The van der Waals surface area contributed by atoms with E-state index in [0.29, 0.717) is 11.3 Å². The Morgan fingerprint density at radius 2 is 1.70 bits per heavy atom. The molecule has 0 bridgehead atoms. The van der Waals surface area contributed by atoms with Crippen LogP contribution in [0.3, 0.4) is 0 Å². The third kappa shape index (κ3) is 11.8. The maximum Gasteiger partial charge on any atom is 0.338 e. The first kappa shape index (κ1) is 22.7. The van der Waals surface area contributed by atoms with Crippen LogP contribution in [0, 0.1) is 0 Å². The summed E-state index contributed by atoms with van der Waals surface area (Å²) in [5.41, 5.74) is 1.63. The van der Waals surface area contributed by atoms with Crippen molar-refractivity contribution in [2.45, 2.75) is 64.7 Å². The normalized spacial score (nSPS) is 11.1. The van der Waals surface area contributed by atoms with Gasteiger partial charge in [-0.3, -0.25) is 0 Å². The minimum absolute atomic E-state index is 0.367. The van der Waals surface area contributed by atoms with Crippen molar-refractivity contribution in [3.8, 4) is 5.75 Å². The quantitative estimate of drug-likeness (QED) is 0.115. The van der Waals surface area contributed by atoms with Crippen LogP contribution in [0.5, 0.6) is 5.75 Å². The van der Waals surface area contributed by atoms with E-state index in [-0.39, 0.29) is 5.97 Å². The SMILES string of the molecule is C=CC/C=C\C/C=C/CCCCCCCc1cccc(OC(=O)C(=C)C)c1. The molecule has 2 heteroatoms. The summed E-state index contributed by atoms with van der Waals surface area (Å²) in [5, 5.41) is 0. The summed E-state index contributed by atoms with van der Waals surface area (Å²) in [6.07, 6.45) is 21.2. The Labute approximate surface area is 165 Å². The number of hydrogen-bond acceptors (Lipinski definition) is 2. The van der Waals surface area contributed by atoms with Crippen molar-refractivity contribution in [2.75, 3.05) is 0 Å². The molecule has 0 aliphatic carbocycles. The van der Waals surface area contributed by atoms with Crippen molar-refractivity contribution < 1.29 is 9.53 Å². The number of unbranched alkanes of at least 4 members (excludes halogenated alkanes) is 5. The lowest BCUT2D eigenvalue weighted by Gasteiger charge is -2.06. The first-order valence-electron chi connectivity index (χ1n) is 10.0. The van der Waals surface area contributed by atoms with Crippen LogP contribution in [-0.4, -0.2) is 5.97 Å². The molecule has 0 radical (unpaired) electrons. The van der Waals surface area contributed by atoms with E-state index in [0.717, 1.165) is 19.3 Å². The van der Waals surface area contributed by atoms with Crippen molar-refractivity contribution in [3.05, 3.63) is 78.9 Å². The van der Waals surface area contributed by atoms with Gasteiger partial charge in [-0.05, 0) is 63.1 Å². The van der Waals surface area contributed by atoms with Gasteiger partial charge in [0, 0.05) is 5.57 Å². The van der Waals surface area contributed by atoms with Crippen molar-refractivity contribution in [1.82, 2.24) is 0 Å². The molecule has 0 aromatic heterocycles. The first-order valence-corrected chi connectivity index (χ1v) is 10.0. The largest absolute Gasteiger partial charge is 0.423 e. The van der Waals surface area contributed by atoms with Crippen LogP contribution in [0.25, 0.3) is 0 Å². The molecular weight excluding hydrogens is 332 g/mol. The summed E-state index contributed by atoms with van der Waals surface area (Å²) >= 11 is 0. The van der Waals surface area contributed by atoms with E-state index in [1.165, 1.54) is 44.1 Å². The molecule has 0 aliphatic heterocycles. The number of carbonyl (C=O) groups is 1. The van der Waals surface area contributed by atoms with Crippen LogP contribution in [0.1, 0.15) is 63.9 Å². The molecule has 0 spiro atoms. The number of ether oxygens (including phenoxy) is 1. The summed E-state index contributed by atoms with van der Waals surface area (Å²) in [7, 11) is 0. The lowest BCUT2D eigenvalue weighted by atomic mass is 10.0. The second-order valence-corrected chi connectivity index (χ2v) is 6.83. The van der Waals surface area contributed by atoms with E-state index in [2.05, 4.69) is 43.5 Å². The first-order chi connectivity index (χ1) is 13.1. The molecule has 0 saturated heterocycles. The number of esters is 1. The van der Waals surface area contributed by atoms with Gasteiger partial charge in [-0.1, -0.05) is 68.4 Å². The summed E-state index contributed by atoms with van der Waals surface area (Å²) in [5.74, 6) is 0.237. The van der Waals surface area contributed by atoms with E-state index < -0.39 is 0 Å². The minimum Gasteiger partial charge on any atom is -0.423 e. The summed E-state index contributed by atoms with van der Waals surface area (Å²) < 4.78 is 5.28. The summed E-state index contributed by atoms with van der Waals surface area (Å²) in [6.45, 7) is 8.96. The zero-order valence-electron chi connectivity index (χ0n) is 16.8. The number of benzene rings is 1. The van der Waals surface area contributed by atoms with Crippen molar-refractivity contribution >= 4 is 5.97 Å². The lowest BCUT2D eigenvalue weighted by Crippen LogP contribution is -2.08. The van der Waals surface area contributed by atoms with Crippen molar-refractivity contribution in [2.24, 2.45) is 0 Å². The number of carbonyl (C=O) groups excluding carboxylic acids is 1. The molecule has 1 aromatic carbocycles.